The van der Waals surface area contributed by atoms with Gasteiger partial charge < -0.3 is 87.9 Å². The van der Waals surface area contributed by atoms with E-state index in [0.29, 0.717) is 11.1 Å². The van der Waals surface area contributed by atoms with Crippen LogP contribution in [0.5, 0.6) is 17.2 Å². The van der Waals surface area contributed by atoms with Gasteiger partial charge in [0.15, 0.2) is 60.9 Å². The number of rotatable bonds is 17. The van der Waals surface area contributed by atoms with Gasteiger partial charge in [-0.25, -0.2) is 4.79 Å². The Labute approximate surface area is 377 Å². The molecule has 3 aliphatic rings. The highest BCUT2D eigenvalue weighted by Crippen LogP contribution is 2.36. The number of carbonyl (C=O) groups is 5. The molecule has 0 aromatic heterocycles. The number of esters is 5. The van der Waals surface area contributed by atoms with E-state index in [1.165, 1.54) is 55.5 Å². The molecule has 0 aliphatic carbocycles. The van der Waals surface area contributed by atoms with Crippen LogP contribution in [-0.4, -0.2) is 178 Å². The molecular formula is C43H54O23. The van der Waals surface area contributed by atoms with Gasteiger partial charge in [-0.1, -0.05) is 18.2 Å². The van der Waals surface area contributed by atoms with Gasteiger partial charge >= 0.3 is 29.8 Å². The van der Waals surface area contributed by atoms with E-state index in [2.05, 4.69) is 0 Å². The van der Waals surface area contributed by atoms with Crippen LogP contribution in [0.4, 0.5) is 0 Å². The van der Waals surface area contributed by atoms with Crippen LogP contribution in [-0.2, 0) is 82.5 Å². The van der Waals surface area contributed by atoms with Gasteiger partial charge in [0.05, 0.1) is 25.9 Å². The lowest BCUT2D eigenvalue weighted by molar-refractivity contribution is -0.365. The summed E-state index contributed by atoms with van der Waals surface area (Å²) < 4.78 is 64.7. The van der Waals surface area contributed by atoms with E-state index in [9.17, 15) is 59.7 Å². The van der Waals surface area contributed by atoms with Gasteiger partial charge in [0.2, 0.25) is 0 Å². The molecule has 364 valence electrons. The highest BCUT2D eigenvalue weighted by atomic mass is 16.8. The van der Waals surface area contributed by atoms with E-state index in [0.717, 1.165) is 33.8 Å². The molecule has 0 bridgehead atoms. The maximum Gasteiger partial charge on any atom is 0.331 e. The number of aliphatic hydroxyl groups excluding tert-OH is 4. The molecule has 0 radical (unpaired) electrons. The zero-order valence-corrected chi connectivity index (χ0v) is 36.3. The van der Waals surface area contributed by atoms with E-state index in [-0.39, 0.29) is 24.5 Å². The minimum Gasteiger partial charge on any atom is -0.508 e. The van der Waals surface area contributed by atoms with Crippen LogP contribution in [0.2, 0.25) is 0 Å². The number of hydrogen-bond donors (Lipinski definition) is 7. The Morgan fingerprint density at radius 3 is 1.80 bits per heavy atom. The lowest BCUT2D eigenvalue weighted by Crippen LogP contribution is -2.67. The predicted molar refractivity (Wildman–Crippen MR) is 216 cm³/mol. The fourth-order valence-corrected chi connectivity index (χ4v) is 7.33. The molecule has 0 amide bonds. The topological polar surface area (TPSA) is 328 Å². The molecule has 15 atom stereocenters. The molecule has 66 heavy (non-hydrogen) atoms. The normalized spacial score (nSPS) is 32.2. The molecular weight excluding hydrogens is 884 g/mol. The first kappa shape index (κ1) is 51.5. The summed E-state index contributed by atoms with van der Waals surface area (Å²) in [4.78, 5) is 64.0. The van der Waals surface area contributed by atoms with Crippen molar-refractivity contribution in [2.75, 3.05) is 19.8 Å². The van der Waals surface area contributed by atoms with Crippen molar-refractivity contribution in [3.63, 3.8) is 0 Å². The van der Waals surface area contributed by atoms with Crippen LogP contribution >= 0.6 is 0 Å². The van der Waals surface area contributed by atoms with E-state index < -0.39 is 141 Å². The maximum absolute atomic E-state index is 13.8. The van der Waals surface area contributed by atoms with Gasteiger partial charge in [0, 0.05) is 33.8 Å². The Morgan fingerprint density at radius 2 is 1.20 bits per heavy atom. The summed E-state index contributed by atoms with van der Waals surface area (Å²) in [5, 5.41) is 71.1. The number of hydrogen-bond acceptors (Lipinski definition) is 23. The Bertz CT molecular complexity index is 2010. The maximum atomic E-state index is 13.8. The second kappa shape index (κ2) is 23.3. The standard InChI is InChI=1S/C43H54O23/c1-19-35(59-20(2)45)37(60-21(3)46)40(62-23(5)48)43(58-19)66-38-36(65-31(52)13-9-24-6-10-26(49)11-7-24)30(18-57-41-34(55)33(54)32(53)29(17-44)63-41)64-42(39(38)61-22(4)47)56-15-14-25-8-12-27(50)28(51)16-25/h6-13,16,19,29-30,32-44,49-51,53-55H,14-15,17-18H2,1-5H3/b13-9+/t19-,29-,30-,32+,33-,34+,35-,36-,37+,38+,39-,40+,41-,42-,43+/m0/s1. The third-order valence-corrected chi connectivity index (χ3v) is 10.4. The van der Waals surface area contributed by atoms with Gasteiger partial charge in [0.1, 0.15) is 42.4 Å². The minimum atomic E-state index is -1.90. The highest BCUT2D eigenvalue weighted by molar-refractivity contribution is 5.87. The molecule has 2 aromatic rings. The second-order valence-corrected chi connectivity index (χ2v) is 15.5. The van der Waals surface area contributed by atoms with Crippen LogP contribution in [0.3, 0.4) is 0 Å². The molecule has 3 fully saturated rings. The van der Waals surface area contributed by atoms with Crippen molar-refractivity contribution in [3.05, 3.63) is 59.7 Å². The number of phenolic OH excluding ortho intramolecular Hbond substituents is 3. The monoisotopic (exact) mass is 938 g/mol. The lowest BCUT2D eigenvalue weighted by Gasteiger charge is -2.49. The Kier molecular flexibility index (Phi) is 18.2. The van der Waals surface area contributed by atoms with Crippen molar-refractivity contribution in [1.82, 2.24) is 0 Å². The molecule has 0 unspecified atom stereocenters. The molecule has 23 nitrogen and oxygen atoms in total. The summed E-state index contributed by atoms with van der Waals surface area (Å²) in [5.41, 5.74) is 0.918. The van der Waals surface area contributed by atoms with Crippen LogP contribution in [0.15, 0.2) is 48.5 Å². The number of ether oxygens (including phenoxy) is 11. The average Bonchev–Trinajstić information content (AvgIpc) is 3.24. The van der Waals surface area contributed by atoms with Gasteiger partial charge in [0.25, 0.3) is 0 Å². The molecule has 3 aliphatic heterocycles. The molecule has 23 heteroatoms. The number of phenols is 3. The summed E-state index contributed by atoms with van der Waals surface area (Å²) in [6, 6.07) is 9.72. The smallest absolute Gasteiger partial charge is 0.331 e. The molecule has 0 saturated carbocycles. The van der Waals surface area contributed by atoms with E-state index in [1.807, 2.05) is 0 Å². The van der Waals surface area contributed by atoms with Gasteiger partial charge in [-0.05, 0) is 54.8 Å². The van der Waals surface area contributed by atoms with Crippen LogP contribution in [0.1, 0.15) is 45.7 Å². The zero-order chi connectivity index (χ0) is 48.4. The van der Waals surface area contributed by atoms with E-state index in [1.54, 1.807) is 0 Å². The number of carbonyl (C=O) groups excluding carboxylic acids is 5. The first-order valence-electron chi connectivity index (χ1n) is 20.6. The number of benzene rings is 2. The molecule has 3 heterocycles. The first-order valence-corrected chi connectivity index (χ1v) is 20.6. The Balaban J connectivity index is 1.59. The van der Waals surface area contributed by atoms with Crippen molar-refractivity contribution in [2.45, 2.75) is 133 Å². The Morgan fingerprint density at radius 1 is 0.606 bits per heavy atom. The molecule has 7 N–H and O–H groups in total. The van der Waals surface area contributed by atoms with Crippen LogP contribution < -0.4 is 0 Å². The third-order valence-electron chi connectivity index (χ3n) is 10.4. The predicted octanol–water partition coefficient (Wildman–Crippen LogP) is -0.614. The van der Waals surface area contributed by atoms with E-state index in [4.69, 9.17) is 52.1 Å². The van der Waals surface area contributed by atoms with Crippen molar-refractivity contribution < 1.29 is 112 Å². The SMILES string of the molecule is CC(=O)O[C@@H]1[C@@H](OC(C)=O)[C@H](C)O[C@H](O[C@H]2[C@H](OC(C)=O)[C@@H](OCCc3ccc(O)c(O)c3)O[C@@H](CO[C@H]3O[C@@H](CO)[C@@H](O)[C@H](O)[C@H]3O)[C@@H]2OC(=O)/C=C/c2ccc(O)cc2)[C@@H]1OC(C)=O. The van der Waals surface area contributed by atoms with Crippen molar-refractivity contribution in [3.8, 4) is 17.2 Å². The summed E-state index contributed by atoms with van der Waals surface area (Å²) in [6.07, 6.45) is -22.5. The molecule has 3 saturated heterocycles. The van der Waals surface area contributed by atoms with E-state index >= 15 is 0 Å². The van der Waals surface area contributed by atoms with Gasteiger partial charge in [-0.2, -0.15) is 0 Å². The molecule has 5 rings (SSSR count). The fraction of sp³-hybridized carbons (Fsp3) is 0.558. The summed E-state index contributed by atoms with van der Waals surface area (Å²) in [5.74, 6) is -5.51. The summed E-state index contributed by atoms with van der Waals surface area (Å²) in [7, 11) is 0. The molecule has 0 spiro atoms. The van der Waals surface area contributed by atoms with Crippen molar-refractivity contribution in [1.29, 1.82) is 0 Å². The number of aromatic hydroxyl groups is 3. The van der Waals surface area contributed by atoms with Crippen molar-refractivity contribution in [2.24, 2.45) is 0 Å². The fourth-order valence-electron chi connectivity index (χ4n) is 7.33. The summed E-state index contributed by atoms with van der Waals surface area (Å²) >= 11 is 0. The third kappa shape index (κ3) is 13.6. The number of aliphatic hydroxyl groups is 4. The Hall–Kier alpha value is -5.47. The summed E-state index contributed by atoms with van der Waals surface area (Å²) in [6.45, 7) is 3.82. The second-order valence-electron chi connectivity index (χ2n) is 15.5. The largest absolute Gasteiger partial charge is 0.508 e. The lowest BCUT2D eigenvalue weighted by atomic mass is 9.96. The van der Waals surface area contributed by atoms with Crippen molar-refractivity contribution >= 4 is 35.9 Å². The average molecular weight is 939 g/mol. The highest BCUT2D eigenvalue weighted by Gasteiger charge is 2.57. The van der Waals surface area contributed by atoms with Gasteiger partial charge in [-0.3, -0.25) is 19.2 Å². The minimum absolute atomic E-state index is 0.0489. The van der Waals surface area contributed by atoms with Crippen LogP contribution in [0.25, 0.3) is 6.08 Å². The quantitative estimate of drug-likeness (QED) is 0.0450. The van der Waals surface area contributed by atoms with Crippen LogP contribution in [0, 0.1) is 0 Å². The molecule has 2 aromatic carbocycles. The zero-order valence-electron chi connectivity index (χ0n) is 36.3. The van der Waals surface area contributed by atoms with Gasteiger partial charge in [-0.15, -0.1) is 0 Å². The first-order chi connectivity index (χ1) is 31.3.